The van der Waals surface area contributed by atoms with Crippen molar-refractivity contribution in [1.82, 2.24) is 10.2 Å². The summed E-state index contributed by atoms with van der Waals surface area (Å²) in [5.41, 5.74) is -0.0903. The van der Waals surface area contributed by atoms with Crippen molar-refractivity contribution in [3.63, 3.8) is 0 Å². The molecule has 0 saturated carbocycles. The summed E-state index contributed by atoms with van der Waals surface area (Å²) in [5.74, 6) is 1.69. The molecule has 18 heavy (non-hydrogen) atoms. The van der Waals surface area contributed by atoms with Crippen LogP contribution in [-0.2, 0) is 4.74 Å². The van der Waals surface area contributed by atoms with Crippen LogP contribution in [0.3, 0.4) is 0 Å². The van der Waals surface area contributed by atoms with E-state index in [2.05, 4.69) is 44.8 Å². The zero-order valence-corrected chi connectivity index (χ0v) is 13.1. The predicted octanol–water partition coefficient (Wildman–Crippen LogP) is 2.37. The number of rotatable bonds is 7. The molecule has 1 fully saturated rings. The molecule has 0 spiro atoms. The van der Waals surface area contributed by atoms with Crippen LogP contribution in [0.5, 0.6) is 0 Å². The highest BCUT2D eigenvalue weighted by Crippen LogP contribution is 2.23. The molecule has 108 valence electrons. The van der Waals surface area contributed by atoms with E-state index in [1.54, 1.807) is 0 Å². The van der Waals surface area contributed by atoms with E-state index >= 15 is 0 Å². The molecule has 3 nitrogen and oxygen atoms in total. The minimum Gasteiger partial charge on any atom is -0.377 e. The van der Waals surface area contributed by atoms with Gasteiger partial charge in [0.25, 0.3) is 0 Å². The summed E-state index contributed by atoms with van der Waals surface area (Å²) in [5, 5.41) is 3.57. The van der Waals surface area contributed by atoms with Gasteiger partial charge in [-0.2, -0.15) is 0 Å². The number of nitrogens with zero attached hydrogens (tertiary/aromatic N) is 1. The van der Waals surface area contributed by atoms with E-state index in [4.69, 9.17) is 4.74 Å². The van der Waals surface area contributed by atoms with Gasteiger partial charge >= 0.3 is 0 Å². The first-order valence-corrected chi connectivity index (χ1v) is 7.41. The van der Waals surface area contributed by atoms with Gasteiger partial charge in [-0.05, 0) is 45.2 Å². The summed E-state index contributed by atoms with van der Waals surface area (Å²) in [6.07, 6.45) is 1.16. The normalized spacial score (nSPS) is 27.7. The standard InChI is InChI=1S/C15H32N2O/c1-7-16-14(15(4,5)18-6)8-9-17-10-12(2)13(3)11-17/h12-14,16H,7-11H2,1-6H3. The van der Waals surface area contributed by atoms with Gasteiger partial charge in [-0.1, -0.05) is 20.8 Å². The van der Waals surface area contributed by atoms with Crippen LogP contribution in [0.1, 0.15) is 41.0 Å². The predicted molar refractivity (Wildman–Crippen MR) is 77.9 cm³/mol. The molecule has 3 heteroatoms. The fourth-order valence-corrected chi connectivity index (χ4v) is 2.83. The Balaban J connectivity index is 2.43. The molecule has 3 unspecified atom stereocenters. The maximum atomic E-state index is 5.63. The van der Waals surface area contributed by atoms with Crippen LogP contribution in [0.2, 0.25) is 0 Å². The number of hydrogen-bond acceptors (Lipinski definition) is 3. The minimum absolute atomic E-state index is 0.0903. The highest BCUT2D eigenvalue weighted by atomic mass is 16.5. The Hall–Kier alpha value is -0.120. The van der Waals surface area contributed by atoms with E-state index in [1.807, 2.05) is 7.11 Å². The van der Waals surface area contributed by atoms with Crippen molar-refractivity contribution in [2.24, 2.45) is 11.8 Å². The number of likely N-dealkylation sites (tertiary alicyclic amines) is 1. The van der Waals surface area contributed by atoms with Crippen molar-refractivity contribution in [2.45, 2.75) is 52.7 Å². The summed E-state index contributed by atoms with van der Waals surface area (Å²) in [6.45, 7) is 15.9. The third kappa shape index (κ3) is 4.22. The number of ether oxygens (including phenoxy) is 1. The van der Waals surface area contributed by atoms with Crippen LogP contribution in [0.25, 0.3) is 0 Å². The number of methoxy groups -OCH3 is 1. The van der Waals surface area contributed by atoms with Gasteiger partial charge < -0.3 is 15.0 Å². The second kappa shape index (κ2) is 6.88. The van der Waals surface area contributed by atoms with Crippen LogP contribution in [0.4, 0.5) is 0 Å². The smallest absolute Gasteiger partial charge is 0.0775 e. The van der Waals surface area contributed by atoms with Crippen molar-refractivity contribution in [1.29, 1.82) is 0 Å². The van der Waals surface area contributed by atoms with Gasteiger partial charge in [0.05, 0.1) is 5.60 Å². The van der Waals surface area contributed by atoms with Crippen LogP contribution < -0.4 is 5.32 Å². The van der Waals surface area contributed by atoms with Gasteiger partial charge in [0.15, 0.2) is 0 Å². The molecular weight excluding hydrogens is 224 g/mol. The molecular formula is C15H32N2O. The fraction of sp³-hybridized carbons (Fsp3) is 1.00. The molecule has 0 radical (unpaired) electrons. The lowest BCUT2D eigenvalue weighted by molar-refractivity contribution is -0.0140. The number of nitrogens with one attached hydrogen (secondary N) is 1. The Morgan fingerprint density at radius 3 is 2.28 bits per heavy atom. The molecule has 1 aliphatic rings. The number of likely N-dealkylation sites (N-methyl/N-ethyl adjacent to an activating group) is 1. The highest BCUT2D eigenvalue weighted by Gasteiger charge is 2.31. The van der Waals surface area contributed by atoms with Gasteiger partial charge in [-0.15, -0.1) is 0 Å². The van der Waals surface area contributed by atoms with Gasteiger partial charge in [0.2, 0.25) is 0 Å². The summed E-state index contributed by atoms with van der Waals surface area (Å²) in [6, 6.07) is 0.429. The van der Waals surface area contributed by atoms with Crippen LogP contribution >= 0.6 is 0 Å². The van der Waals surface area contributed by atoms with Gasteiger partial charge in [-0.25, -0.2) is 0 Å². The molecule has 0 aromatic carbocycles. The number of hydrogen-bond donors (Lipinski definition) is 1. The van der Waals surface area contributed by atoms with E-state index in [0.29, 0.717) is 6.04 Å². The first-order valence-electron chi connectivity index (χ1n) is 7.41. The molecule has 0 aliphatic carbocycles. The molecule has 1 rings (SSSR count). The van der Waals surface area contributed by atoms with Crippen molar-refractivity contribution in [3.05, 3.63) is 0 Å². The molecule has 3 atom stereocenters. The first-order chi connectivity index (χ1) is 8.40. The van der Waals surface area contributed by atoms with E-state index in [-0.39, 0.29) is 5.60 Å². The van der Waals surface area contributed by atoms with Crippen molar-refractivity contribution in [3.8, 4) is 0 Å². The van der Waals surface area contributed by atoms with E-state index in [1.165, 1.54) is 19.6 Å². The topological polar surface area (TPSA) is 24.5 Å². The van der Waals surface area contributed by atoms with Crippen LogP contribution in [0, 0.1) is 11.8 Å². The largest absolute Gasteiger partial charge is 0.377 e. The zero-order valence-electron chi connectivity index (χ0n) is 13.1. The highest BCUT2D eigenvalue weighted by molar-refractivity contribution is 4.87. The molecule has 0 aromatic rings. The SMILES string of the molecule is CCNC(CCN1CC(C)C(C)C1)C(C)(C)OC. The summed E-state index contributed by atoms with van der Waals surface area (Å²) in [7, 11) is 1.81. The Kier molecular flexibility index (Phi) is 6.09. The molecule has 0 amide bonds. The van der Waals surface area contributed by atoms with Gasteiger partial charge in [-0.3, -0.25) is 0 Å². The Labute approximate surface area is 113 Å². The summed E-state index contributed by atoms with van der Waals surface area (Å²) < 4.78 is 5.63. The Morgan fingerprint density at radius 2 is 1.83 bits per heavy atom. The quantitative estimate of drug-likeness (QED) is 0.757. The van der Waals surface area contributed by atoms with Crippen molar-refractivity contribution < 1.29 is 4.74 Å². The second-order valence-corrected chi connectivity index (χ2v) is 6.42. The van der Waals surface area contributed by atoms with Gasteiger partial charge in [0, 0.05) is 26.2 Å². The maximum Gasteiger partial charge on any atom is 0.0775 e. The molecule has 1 saturated heterocycles. The third-order valence-corrected chi connectivity index (χ3v) is 4.61. The third-order valence-electron chi connectivity index (χ3n) is 4.61. The fourth-order valence-electron chi connectivity index (χ4n) is 2.83. The summed E-state index contributed by atoms with van der Waals surface area (Å²) >= 11 is 0. The summed E-state index contributed by atoms with van der Waals surface area (Å²) in [4.78, 5) is 2.60. The lowest BCUT2D eigenvalue weighted by atomic mass is 9.95. The Bertz CT molecular complexity index is 233. The van der Waals surface area contributed by atoms with Crippen molar-refractivity contribution in [2.75, 3.05) is 33.3 Å². The lowest BCUT2D eigenvalue weighted by Crippen LogP contribution is -2.49. The van der Waals surface area contributed by atoms with E-state index < -0.39 is 0 Å². The van der Waals surface area contributed by atoms with Crippen molar-refractivity contribution >= 4 is 0 Å². The molecule has 1 aliphatic heterocycles. The second-order valence-electron chi connectivity index (χ2n) is 6.42. The van der Waals surface area contributed by atoms with E-state index in [0.717, 1.165) is 24.8 Å². The molecule has 0 aromatic heterocycles. The molecule has 1 N–H and O–H groups in total. The monoisotopic (exact) mass is 256 g/mol. The van der Waals surface area contributed by atoms with E-state index in [9.17, 15) is 0 Å². The average molecular weight is 256 g/mol. The van der Waals surface area contributed by atoms with Crippen LogP contribution in [-0.4, -0.2) is 49.8 Å². The first kappa shape index (κ1) is 15.9. The maximum absolute atomic E-state index is 5.63. The zero-order chi connectivity index (χ0) is 13.8. The molecule has 1 heterocycles. The minimum atomic E-state index is -0.0903. The Morgan fingerprint density at radius 1 is 1.28 bits per heavy atom. The van der Waals surface area contributed by atoms with Gasteiger partial charge in [0.1, 0.15) is 0 Å². The lowest BCUT2D eigenvalue weighted by Gasteiger charge is -2.34. The van der Waals surface area contributed by atoms with Crippen LogP contribution in [0.15, 0.2) is 0 Å². The molecule has 0 bridgehead atoms. The average Bonchev–Trinajstić information content (AvgIpc) is 2.64.